The van der Waals surface area contributed by atoms with E-state index in [1.165, 1.54) is 91.4 Å². The molecule has 176 valence electrons. The van der Waals surface area contributed by atoms with Crippen LogP contribution in [0.15, 0.2) is 54.8 Å². The molecule has 1 N–H and O–H groups in total. The van der Waals surface area contributed by atoms with Gasteiger partial charge in [-0.05, 0) is 81.8 Å². The van der Waals surface area contributed by atoms with Crippen LogP contribution in [0.4, 0.5) is 0 Å². The fraction of sp³-hybridized carbons (Fsp3) is 0.500. The van der Waals surface area contributed by atoms with Crippen LogP contribution in [-0.2, 0) is 0 Å². The number of benzene rings is 1. The van der Waals surface area contributed by atoms with Gasteiger partial charge in [-0.25, -0.2) is 0 Å². The van der Waals surface area contributed by atoms with E-state index < -0.39 is 0 Å². The lowest BCUT2D eigenvalue weighted by Gasteiger charge is -2.53. The lowest BCUT2D eigenvalue weighted by molar-refractivity contribution is 0.0151. The summed E-state index contributed by atoms with van der Waals surface area (Å²) in [6, 6.07) is 12.2. The SMILES string of the molecule is CCCN1CC[C@H]2C(c3nccc4c3[nH]c3ccccc34)=CC[C@@H]3N4CCCC=C[C@H]4C[C@@]32C1. The first-order chi connectivity index (χ1) is 16.8. The minimum absolute atomic E-state index is 0.333. The van der Waals surface area contributed by atoms with Crippen molar-refractivity contribution in [3.63, 3.8) is 0 Å². The summed E-state index contributed by atoms with van der Waals surface area (Å²) in [5.41, 5.74) is 5.50. The van der Waals surface area contributed by atoms with Gasteiger partial charge in [-0.1, -0.05) is 43.4 Å². The summed E-state index contributed by atoms with van der Waals surface area (Å²) in [5, 5.41) is 2.62. The Hall–Kier alpha value is -2.43. The van der Waals surface area contributed by atoms with Gasteiger partial charge in [-0.3, -0.25) is 9.88 Å². The average Bonchev–Trinajstić information content (AvgIpc) is 3.28. The van der Waals surface area contributed by atoms with E-state index in [2.05, 4.69) is 70.3 Å². The standard InChI is InChI=1S/C30H36N4/c1-2-16-33-18-14-25-24(28-29-23(13-15-31-28)22-9-5-6-10-26(22)32-29)11-12-27-30(25,20-33)19-21-8-4-3-7-17-34(21)27/h4-6,8-11,13,15,21,25,27,32H,2-3,7,12,14,16-20H2,1H3/t21-,25-,27-,30-/m0/s1. The first kappa shape index (κ1) is 20.9. The predicted molar refractivity (Wildman–Crippen MR) is 141 cm³/mol. The molecule has 4 atom stereocenters. The number of fused-ring (bicyclic) bond motifs is 5. The Balaban J connectivity index is 1.36. The number of aromatic amines is 1. The zero-order valence-electron chi connectivity index (χ0n) is 20.3. The van der Waals surface area contributed by atoms with Crippen molar-refractivity contribution >= 4 is 27.4 Å². The number of para-hydroxylation sites is 1. The molecule has 3 aliphatic heterocycles. The van der Waals surface area contributed by atoms with E-state index in [1.54, 1.807) is 0 Å². The van der Waals surface area contributed by atoms with Crippen molar-refractivity contribution in [3.05, 3.63) is 60.5 Å². The number of nitrogens with zero attached hydrogens (tertiary/aromatic N) is 3. The molecule has 0 unspecified atom stereocenters. The maximum atomic E-state index is 5.05. The van der Waals surface area contributed by atoms with Gasteiger partial charge in [0, 0.05) is 46.5 Å². The third-order valence-electron chi connectivity index (χ3n) is 9.35. The van der Waals surface area contributed by atoms with Crippen molar-refractivity contribution in [2.75, 3.05) is 26.2 Å². The fourth-order valence-corrected chi connectivity index (χ4v) is 8.08. The number of allylic oxidation sites excluding steroid dienone is 2. The van der Waals surface area contributed by atoms with Gasteiger partial charge in [-0.15, -0.1) is 0 Å². The molecule has 2 fully saturated rings. The average molecular weight is 453 g/mol. The van der Waals surface area contributed by atoms with Crippen LogP contribution in [0.5, 0.6) is 0 Å². The maximum absolute atomic E-state index is 5.05. The number of piperidine rings is 1. The number of H-pyrrole nitrogens is 1. The second-order valence-corrected chi connectivity index (χ2v) is 11.1. The summed E-state index contributed by atoms with van der Waals surface area (Å²) in [4.78, 5) is 14.5. The largest absolute Gasteiger partial charge is 0.353 e. The Kier molecular flexibility index (Phi) is 4.96. The molecule has 3 aromatic rings. The van der Waals surface area contributed by atoms with Crippen molar-refractivity contribution in [1.82, 2.24) is 19.8 Å². The van der Waals surface area contributed by atoms with E-state index in [-0.39, 0.29) is 0 Å². The molecule has 4 heteroatoms. The molecule has 5 heterocycles. The molecule has 0 radical (unpaired) electrons. The Morgan fingerprint density at radius 1 is 1.15 bits per heavy atom. The molecule has 1 aliphatic carbocycles. The van der Waals surface area contributed by atoms with Crippen LogP contribution in [0.2, 0.25) is 0 Å². The molecule has 2 saturated heterocycles. The lowest BCUT2D eigenvalue weighted by Crippen LogP contribution is -2.56. The Labute approximate surface area is 202 Å². The van der Waals surface area contributed by atoms with Crippen molar-refractivity contribution in [2.24, 2.45) is 11.3 Å². The molecule has 7 rings (SSSR count). The van der Waals surface area contributed by atoms with Crippen LogP contribution in [-0.4, -0.2) is 58.0 Å². The van der Waals surface area contributed by atoms with Gasteiger partial charge in [0.25, 0.3) is 0 Å². The number of hydrogen-bond donors (Lipinski definition) is 1. The summed E-state index contributed by atoms with van der Waals surface area (Å²) in [6.07, 6.45) is 17.1. The highest BCUT2D eigenvalue weighted by atomic mass is 15.3. The molecule has 1 aromatic carbocycles. The maximum Gasteiger partial charge on any atom is 0.0902 e. The van der Waals surface area contributed by atoms with Gasteiger partial charge in [0.1, 0.15) is 0 Å². The second kappa shape index (κ2) is 8.07. The topological polar surface area (TPSA) is 35.2 Å². The molecule has 1 spiro atoms. The lowest BCUT2D eigenvalue weighted by atomic mass is 9.59. The van der Waals surface area contributed by atoms with Crippen LogP contribution in [0, 0.1) is 11.3 Å². The normalized spacial score (nSPS) is 31.8. The fourth-order valence-electron chi connectivity index (χ4n) is 8.08. The zero-order chi connectivity index (χ0) is 22.7. The van der Waals surface area contributed by atoms with E-state index >= 15 is 0 Å². The van der Waals surface area contributed by atoms with E-state index in [0.29, 0.717) is 23.4 Å². The number of likely N-dealkylation sites (tertiary alicyclic amines) is 1. The third-order valence-corrected chi connectivity index (χ3v) is 9.35. The summed E-state index contributed by atoms with van der Waals surface area (Å²) < 4.78 is 0. The Morgan fingerprint density at radius 2 is 2.09 bits per heavy atom. The summed E-state index contributed by atoms with van der Waals surface area (Å²) in [7, 11) is 0. The van der Waals surface area contributed by atoms with Crippen molar-refractivity contribution in [2.45, 2.75) is 57.5 Å². The number of pyridine rings is 1. The number of rotatable bonds is 3. The first-order valence-electron chi connectivity index (χ1n) is 13.5. The van der Waals surface area contributed by atoms with Crippen LogP contribution in [0.3, 0.4) is 0 Å². The van der Waals surface area contributed by atoms with Crippen molar-refractivity contribution < 1.29 is 0 Å². The quantitative estimate of drug-likeness (QED) is 0.494. The zero-order valence-corrected chi connectivity index (χ0v) is 20.3. The van der Waals surface area contributed by atoms with Crippen molar-refractivity contribution in [3.8, 4) is 0 Å². The number of aromatic nitrogens is 2. The first-order valence-corrected chi connectivity index (χ1v) is 13.5. The van der Waals surface area contributed by atoms with Gasteiger partial charge >= 0.3 is 0 Å². The van der Waals surface area contributed by atoms with E-state index in [1.807, 2.05) is 6.20 Å². The van der Waals surface area contributed by atoms with Gasteiger partial charge < -0.3 is 9.88 Å². The van der Waals surface area contributed by atoms with Gasteiger partial charge in [0.2, 0.25) is 0 Å². The highest BCUT2D eigenvalue weighted by molar-refractivity contribution is 6.09. The van der Waals surface area contributed by atoms with E-state index in [4.69, 9.17) is 4.98 Å². The monoisotopic (exact) mass is 452 g/mol. The minimum Gasteiger partial charge on any atom is -0.353 e. The Morgan fingerprint density at radius 3 is 3.03 bits per heavy atom. The molecule has 4 aliphatic rings. The second-order valence-electron chi connectivity index (χ2n) is 11.1. The summed E-state index contributed by atoms with van der Waals surface area (Å²) >= 11 is 0. The molecule has 4 nitrogen and oxygen atoms in total. The smallest absolute Gasteiger partial charge is 0.0902 e. The van der Waals surface area contributed by atoms with Crippen molar-refractivity contribution in [1.29, 1.82) is 0 Å². The summed E-state index contributed by atoms with van der Waals surface area (Å²) in [6.45, 7) is 7.28. The molecular weight excluding hydrogens is 416 g/mol. The highest BCUT2D eigenvalue weighted by Gasteiger charge is 2.59. The molecule has 0 amide bonds. The summed E-state index contributed by atoms with van der Waals surface area (Å²) in [5.74, 6) is 0.587. The van der Waals surface area contributed by atoms with E-state index in [0.717, 1.165) is 6.42 Å². The van der Waals surface area contributed by atoms with Gasteiger partial charge in [-0.2, -0.15) is 0 Å². The van der Waals surface area contributed by atoms with Crippen LogP contribution < -0.4 is 0 Å². The number of nitrogens with one attached hydrogen (secondary N) is 1. The van der Waals surface area contributed by atoms with Crippen LogP contribution in [0.1, 0.15) is 51.1 Å². The van der Waals surface area contributed by atoms with Gasteiger partial charge in [0.05, 0.1) is 11.2 Å². The molecule has 0 bridgehead atoms. The van der Waals surface area contributed by atoms with Crippen LogP contribution >= 0.6 is 0 Å². The highest BCUT2D eigenvalue weighted by Crippen LogP contribution is 2.58. The molecule has 0 saturated carbocycles. The molecule has 34 heavy (non-hydrogen) atoms. The van der Waals surface area contributed by atoms with Gasteiger partial charge in [0.15, 0.2) is 0 Å². The Bertz CT molecular complexity index is 1290. The number of hydrogen-bond acceptors (Lipinski definition) is 3. The third kappa shape index (κ3) is 3.01. The molecular formula is C30H36N4. The van der Waals surface area contributed by atoms with Crippen LogP contribution in [0.25, 0.3) is 27.4 Å². The predicted octanol–water partition coefficient (Wildman–Crippen LogP) is 6.01. The minimum atomic E-state index is 0.333. The molecule has 2 aromatic heterocycles. The van der Waals surface area contributed by atoms with E-state index in [9.17, 15) is 0 Å².